The van der Waals surface area contributed by atoms with Crippen molar-refractivity contribution in [3.05, 3.63) is 0 Å². The second-order valence-electron chi connectivity index (χ2n) is 7.05. The van der Waals surface area contributed by atoms with Crippen LogP contribution in [0.15, 0.2) is 0 Å². The summed E-state index contributed by atoms with van der Waals surface area (Å²) in [6.45, 7) is 13.4. The molecule has 2 fully saturated rings. The number of fused-ring (bicyclic) bond motifs is 1. The molecule has 2 atom stereocenters. The molecule has 2 nitrogen and oxygen atoms in total. The summed E-state index contributed by atoms with van der Waals surface area (Å²) in [6, 6.07) is 1.61. The molecule has 0 radical (unpaired) electrons. The fourth-order valence-corrected chi connectivity index (χ4v) is 4.01. The maximum atomic E-state index is 3.90. The van der Waals surface area contributed by atoms with Gasteiger partial charge in [-0.25, -0.2) is 0 Å². The molecule has 2 unspecified atom stereocenters. The lowest BCUT2D eigenvalue weighted by Gasteiger charge is -2.34. The van der Waals surface area contributed by atoms with E-state index in [0.29, 0.717) is 0 Å². The Morgan fingerprint density at radius 3 is 2.39 bits per heavy atom. The van der Waals surface area contributed by atoms with Gasteiger partial charge in [0.2, 0.25) is 0 Å². The summed E-state index contributed by atoms with van der Waals surface area (Å²) >= 11 is 0. The van der Waals surface area contributed by atoms with E-state index in [4.69, 9.17) is 0 Å². The molecule has 18 heavy (non-hydrogen) atoms. The summed E-state index contributed by atoms with van der Waals surface area (Å²) < 4.78 is 0. The van der Waals surface area contributed by atoms with E-state index in [2.05, 4.69) is 37.9 Å². The Labute approximate surface area is 114 Å². The lowest BCUT2D eigenvalue weighted by Crippen LogP contribution is -2.46. The standard InChI is InChI=1S/C16H32N2/c1-12(2)14(13(3)4)11-17-15-8-10-18-9-6-5-7-16(15)18/h12-17H,5-11H2,1-4H3. The van der Waals surface area contributed by atoms with E-state index in [-0.39, 0.29) is 0 Å². The summed E-state index contributed by atoms with van der Waals surface area (Å²) in [5.74, 6) is 2.41. The van der Waals surface area contributed by atoms with Crippen LogP contribution in [0.3, 0.4) is 0 Å². The predicted molar refractivity (Wildman–Crippen MR) is 78.8 cm³/mol. The number of nitrogens with one attached hydrogen (secondary N) is 1. The molecule has 0 aromatic carbocycles. The average Bonchev–Trinajstić information content (AvgIpc) is 2.72. The molecule has 106 valence electrons. The fourth-order valence-electron chi connectivity index (χ4n) is 4.01. The molecule has 0 amide bonds. The van der Waals surface area contributed by atoms with Crippen LogP contribution in [-0.2, 0) is 0 Å². The Morgan fingerprint density at radius 1 is 1.00 bits per heavy atom. The fraction of sp³-hybridized carbons (Fsp3) is 1.00. The van der Waals surface area contributed by atoms with Gasteiger partial charge in [0.05, 0.1) is 0 Å². The van der Waals surface area contributed by atoms with Crippen molar-refractivity contribution in [3.8, 4) is 0 Å². The molecule has 2 heteroatoms. The highest BCUT2D eigenvalue weighted by Crippen LogP contribution is 2.28. The zero-order valence-corrected chi connectivity index (χ0v) is 12.8. The van der Waals surface area contributed by atoms with Crippen molar-refractivity contribution in [2.24, 2.45) is 17.8 Å². The van der Waals surface area contributed by atoms with E-state index < -0.39 is 0 Å². The molecule has 2 heterocycles. The number of hydrogen-bond acceptors (Lipinski definition) is 2. The molecule has 0 aliphatic carbocycles. The van der Waals surface area contributed by atoms with E-state index in [0.717, 1.165) is 29.8 Å². The number of nitrogens with zero attached hydrogens (tertiary/aromatic N) is 1. The third-order valence-electron chi connectivity index (χ3n) is 5.18. The van der Waals surface area contributed by atoms with Crippen LogP contribution in [0.25, 0.3) is 0 Å². The van der Waals surface area contributed by atoms with Gasteiger partial charge in [0.1, 0.15) is 0 Å². The van der Waals surface area contributed by atoms with Crippen LogP contribution in [0.1, 0.15) is 53.4 Å². The molecular formula is C16H32N2. The average molecular weight is 252 g/mol. The van der Waals surface area contributed by atoms with E-state index >= 15 is 0 Å². The molecule has 1 N–H and O–H groups in total. The van der Waals surface area contributed by atoms with Crippen LogP contribution in [-0.4, -0.2) is 36.6 Å². The quantitative estimate of drug-likeness (QED) is 0.809. The zero-order chi connectivity index (χ0) is 13.1. The first-order valence-electron chi connectivity index (χ1n) is 8.07. The highest BCUT2D eigenvalue weighted by Gasteiger charge is 2.35. The number of piperidine rings is 1. The topological polar surface area (TPSA) is 15.3 Å². The van der Waals surface area contributed by atoms with E-state index in [1.54, 1.807) is 0 Å². The molecule has 2 aliphatic heterocycles. The van der Waals surface area contributed by atoms with Crippen molar-refractivity contribution < 1.29 is 0 Å². The highest BCUT2D eigenvalue weighted by atomic mass is 15.2. The van der Waals surface area contributed by atoms with Gasteiger partial charge in [-0.3, -0.25) is 4.90 Å². The molecule has 0 aromatic heterocycles. The van der Waals surface area contributed by atoms with Gasteiger partial charge in [-0.05, 0) is 50.1 Å². The minimum absolute atomic E-state index is 0.769. The molecular weight excluding hydrogens is 220 g/mol. The SMILES string of the molecule is CC(C)C(CNC1CCN2CCCCC12)C(C)C. The maximum absolute atomic E-state index is 3.90. The molecule has 2 saturated heterocycles. The van der Waals surface area contributed by atoms with Crippen molar-refractivity contribution >= 4 is 0 Å². The zero-order valence-electron chi connectivity index (χ0n) is 12.8. The first kappa shape index (κ1) is 14.3. The summed E-state index contributed by atoms with van der Waals surface area (Å²) in [5, 5.41) is 3.90. The Kier molecular flexibility index (Phi) is 5.08. The van der Waals surface area contributed by atoms with Gasteiger partial charge in [-0.2, -0.15) is 0 Å². The predicted octanol–water partition coefficient (Wildman–Crippen LogP) is 3.13. The van der Waals surface area contributed by atoms with Gasteiger partial charge in [-0.15, -0.1) is 0 Å². The molecule has 0 saturated carbocycles. The van der Waals surface area contributed by atoms with E-state index in [1.165, 1.54) is 45.3 Å². The molecule has 2 rings (SSSR count). The van der Waals surface area contributed by atoms with Gasteiger partial charge >= 0.3 is 0 Å². The minimum Gasteiger partial charge on any atom is -0.312 e. The van der Waals surface area contributed by atoms with E-state index in [9.17, 15) is 0 Å². The third kappa shape index (κ3) is 3.27. The lowest BCUT2D eigenvalue weighted by molar-refractivity contribution is 0.173. The summed E-state index contributed by atoms with van der Waals surface area (Å²) in [4.78, 5) is 2.72. The van der Waals surface area contributed by atoms with Crippen molar-refractivity contribution in [1.29, 1.82) is 0 Å². The van der Waals surface area contributed by atoms with E-state index in [1.807, 2.05) is 0 Å². The summed E-state index contributed by atoms with van der Waals surface area (Å²) in [5.41, 5.74) is 0. The first-order chi connectivity index (χ1) is 8.59. The lowest BCUT2D eigenvalue weighted by atomic mass is 9.85. The van der Waals surface area contributed by atoms with Crippen LogP contribution in [0, 0.1) is 17.8 Å². The second kappa shape index (κ2) is 6.38. The molecule has 2 aliphatic rings. The van der Waals surface area contributed by atoms with Crippen LogP contribution in [0.4, 0.5) is 0 Å². The Hall–Kier alpha value is -0.0800. The van der Waals surface area contributed by atoms with Crippen molar-refractivity contribution in [2.45, 2.75) is 65.5 Å². The van der Waals surface area contributed by atoms with Gasteiger partial charge in [0.15, 0.2) is 0 Å². The number of hydrogen-bond donors (Lipinski definition) is 1. The smallest absolute Gasteiger partial charge is 0.0249 e. The Morgan fingerprint density at radius 2 is 1.72 bits per heavy atom. The Bertz CT molecular complexity index is 241. The second-order valence-corrected chi connectivity index (χ2v) is 7.05. The number of rotatable bonds is 5. The van der Waals surface area contributed by atoms with Gasteiger partial charge in [-0.1, -0.05) is 34.1 Å². The van der Waals surface area contributed by atoms with Gasteiger partial charge in [0, 0.05) is 18.6 Å². The van der Waals surface area contributed by atoms with Crippen molar-refractivity contribution in [3.63, 3.8) is 0 Å². The van der Waals surface area contributed by atoms with Crippen molar-refractivity contribution in [2.75, 3.05) is 19.6 Å². The largest absolute Gasteiger partial charge is 0.312 e. The van der Waals surface area contributed by atoms with Crippen LogP contribution in [0.2, 0.25) is 0 Å². The third-order valence-corrected chi connectivity index (χ3v) is 5.18. The van der Waals surface area contributed by atoms with Crippen molar-refractivity contribution in [1.82, 2.24) is 10.2 Å². The monoisotopic (exact) mass is 252 g/mol. The Balaban J connectivity index is 1.82. The molecule has 0 spiro atoms. The van der Waals surface area contributed by atoms with Crippen LogP contribution in [0.5, 0.6) is 0 Å². The van der Waals surface area contributed by atoms with Gasteiger partial charge in [0.25, 0.3) is 0 Å². The van der Waals surface area contributed by atoms with Gasteiger partial charge < -0.3 is 5.32 Å². The molecule has 0 aromatic rings. The highest BCUT2D eigenvalue weighted by molar-refractivity contribution is 4.94. The normalized spacial score (nSPS) is 29.5. The van der Waals surface area contributed by atoms with Crippen LogP contribution >= 0.6 is 0 Å². The maximum Gasteiger partial charge on any atom is 0.0249 e. The first-order valence-corrected chi connectivity index (χ1v) is 8.07. The molecule has 0 bridgehead atoms. The summed E-state index contributed by atoms with van der Waals surface area (Å²) in [6.07, 6.45) is 5.65. The summed E-state index contributed by atoms with van der Waals surface area (Å²) in [7, 11) is 0. The van der Waals surface area contributed by atoms with Crippen LogP contribution < -0.4 is 5.32 Å². The minimum atomic E-state index is 0.769.